The van der Waals surface area contributed by atoms with Crippen molar-refractivity contribution in [3.05, 3.63) is 0 Å². The van der Waals surface area contributed by atoms with Crippen LogP contribution in [0.4, 0.5) is 0 Å². The van der Waals surface area contributed by atoms with Gasteiger partial charge in [0.05, 0.1) is 6.07 Å². The Hall–Kier alpha value is -0.590. The molecule has 3 heteroatoms. The highest BCUT2D eigenvalue weighted by Crippen LogP contribution is 2.22. The zero-order valence-corrected chi connectivity index (χ0v) is 12.3. The van der Waals surface area contributed by atoms with E-state index in [1.165, 1.54) is 32.2 Å². The topological polar surface area (TPSA) is 39.1 Å². The first-order valence-electron chi connectivity index (χ1n) is 7.55. The highest BCUT2D eigenvalue weighted by atomic mass is 15.2. The second-order valence-electron chi connectivity index (χ2n) is 5.49. The van der Waals surface area contributed by atoms with Crippen LogP contribution in [0.5, 0.6) is 0 Å². The van der Waals surface area contributed by atoms with Crippen molar-refractivity contribution in [3.8, 4) is 6.07 Å². The molecule has 2 atom stereocenters. The Labute approximate surface area is 113 Å². The van der Waals surface area contributed by atoms with Crippen molar-refractivity contribution in [2.24, 2.45) is 0 Å². The van der Waals surface area contributed by atoms with E-state index >= 15 is 0 Å². The van der Waals surface area contributed by atoms with Crippen LogP contribution in [-0.2, 0) is 0 Å². The van der Waals surface area contributed by atoms with Gasteiger partial charge in [0.15, 0.2) is 0 Å². The second kappa shape index (κ2) is 7.76. The lowest BCUT2D eigenvalue weighted by atomic mass is 9.91. The Morgan fingerprint density at radius 3 is 2.72 bits per heavy atom. The molecule has 0 aromatic rings. The second-order valence-corrected chi connectivity index (χ2v) is 5.49. The number of nitrogens with zero attached hydrogens (tertiary/aromatic N) is 2. The summed E-state index contributed by atoms with van der Waals surface area (Å²) in [7, 11) is 1.91. The van der Waals surface area contributed by atoms with E-state index in [0.717, 1.165) is 31.8 Å². The van der Waals surface area contributed by atoms with Gasteiger partial charge in [0.2, 0.25) is 0 Å². The molecule has 0 spiro atoms. The summed E-state index contributed by atoms with van der Waals surface area (Å²) in [5, 5.41) is 12.5. The lowest BCUT2D eigenvalue weighted by Crippen LogP contribution is -2.43. The largest absolute Gasteiger partial charge is 0.302 e. The number of likely N-dealkylation sites (tertiary alicyclic amines) is 1. The Bertz CT molecular complexity index is 265. The van der Waals surface area contributed by atoms with Crippen LogP contribution >= 0.6 is 0 Å². The van der Waals surface area contributed by atoms with Crippen molar-refractivity contribution < 1.29 is 0 Å². The standard InChI is InChI=1S/C15H29N3/c1-4-14-9-6-7-11-18(14)12-8-10-15(5-2,13-16)17-3/h14,17H,4-12H2,1-3H3. The lowest BCUT2D eigenvalue weighted by Gasteiger charge is -2.36. The van der Waals surface area contributed by atoms with E-state index in [2.05, 4.69) is 30.1 Å². The van der Waals surface area contributed by atoms with Crippen LogP contribution in [0.2, 0.25) is 0 Å². The summed E-state index contributed by atoms with van der Waals surface area (Å²) >= 11 is 0. The van der Waals surface area contributed by atoms with Gasteiger partial charge in [-0.15, -0.1) is 0 Å². The minimum atomic E-state index is -0.308. The summed E-state index contributed by atoms with van der Waals surface area (Å²) < 4.78 is 0. The third-order valence-electron chi connectivity index (χ3n) is 4.57. The van der Waals surface area contributed by atoms with Crippen molar-refractivity contribution in [2.75, 3.05) is 20.1 Å². The summed E-state index contributed by atoms with van der Waals surface area (Å²) in [5.74, 6) is 0. The van der Waals surface area contributed by atoms with Crippen molar-refractivity contribution in [1.29, 1.82) is 5.26 Å². The fourth-order valence-electron chi connectivity index (χ4n) is 3.07. The summed E-state index contributed by atoms with van der Waals surface area (Å²) in [5.41, 5.74) is -0.308. The first-order chi connectivity index (χ1) is 8.71. The van der Waals surface area contributed by atoms with Gasteiger partial charge < -0.3 is 10.2 Å². The predicted octanol–water partition coefficient (Wildman–Crippen LogP) is 2.92. The maximum atomic E-state index is 9.29. The van der Waals surface area contributed by atoms with Crippen LogP contribution in [0.25, 0.3) is 0 Å². The molecule has 1 aliphatic rings. The first kappa shape index (κ1) is 15.5. The summed E-state index contributed by atoms with van der Waals surface area (Å²) in [6, 6.07) is 3.23. The molecule has 104 valence electrons. The van der Waals surface area contributed by atoms with Gasteiger partial charge in [-0.2, -0.15) is 5.26 Å². The summed E-state index contributed by atoms with van der Waals surface area (Å²) in [6.07, 6.45) is 8.34. The number of hydrogen-bond donors (Lipinski definition) is 1. The van der Waals surface area contributed by atoms with E-state index in [-0.39, 0.29) is 5.54 Å². The van der Waals surface area contributed by atoms with Gasteiger partial charge >= 0.3 is 0 Å². The van der Waals surface area contributed by atoms with Gasteiger partial charge in [-0.25, -0.2) is 0 Å². The predicted molar refractivity (Wildman–Crippen MR) is 76.4 cm³/mol. The Balaban J connectivity index is 2.38. The molecule has 1 rings (SSSR count). The van der Waals surface area contributed by atoms with E-state index in [1.54, 1.807) is 0 Å². The Morgan fingerprint density at radius 2 is 2.17 bits per heavy atom. The molecule has 0 aromatic heterocycles. The highest BCUT2D eigenvalue weighted by molar-refractivity contribution is 5.05. The minimum absolute atomic E-state index is 0.308. The number of nitrogens with one attached hydrogen (secondary N) is 1. The molecule has 0 aromatic carbocycles. The average Bonchev–Trinajstić information content (AvgIpc) is 2.44. The quantitative estimate of drug-likeness (QED) is 0.756. The van der Waals surface area contributed by atoms with Crippen molar-refractivity contribution >= 4 is 0 Å². The smallest absolute Gasteiger partial charge is 0.106 e. The van der Waals surface area contributed by atoms with Crippen molar-refractivity contribution in [3.63, 3.8) is 0 Å². The van der Waals surface area contributed by atoms with Gasteiger partial charge in [-0.3, -0.25) is 0 Å². The van der Waals surface area contributed by atoms with E-state index in [4.69, 9.17) is 0 Å². The number of piperidine rings is 1. The van der Waals surface area contributed by atoms with Crippen molar-refractivity contribution in [2.45, 2.75) is 70.4 Å². The molecule has 18 heavy (non-hydrogen) atoms. The molecule has 1 aliphatic heterocycles. The fraction of sp³-hybridized carbons (Fsp3) is 0.933. The Kier molecular flexibility index (Phi) is 6.67. The molecule has 1 saturated heterocycles. The molecule has 3 nitrogen and oxygen atoms in total. The third kappa shape index (κ3) is 3.96. The van der Waals surface area contributed by atoms with Crippen LogP contribution in [0.1, 0.15) is 58.8 Å². The fourth-order valence-corrected chi connectivity index (χ4v) is 3.07. The van der Waals surface area contributed by atoms with Crippen LogP contribution in [-0.4, -0.2) is 36.6 Å². The first-order valence-corrected chi connectivity index (χ1v) is 7.55. The van der Waals surface area contributed by atoms with Gasteiger partial charge in [0, 0.05) is 6.04 Å². The molecule has 0 radical (unpaired) electrons. The molecule has 1 heterocycles. The van der Waals surface area contributed by atoms with Gasteiger partial charge in [-0.1, -0.05) is 20.3 Å². The normalized spacial score (nSPS) is 24.4. The molecular formula is C15H29N3. The number of hydrogen-bond acceptors (Lipinski definition) is 3. The highest BCUT2D eigenvalue weighted by Gasteiger charge is 2.26. The summed E-state index contributed by atoms with van der Waals surface area (Å²) in [6.45, 7) is 6.80. The Morgan fingerprint density at radius 1 is 1.39 bits per heavy atom. The van der Waals surface area contributed by atoms with E-state index in [9.17, 15) is 5.26 Å². The third-order valence-corrected chi connectivity index (χ3v) is 4.57. The molecule has 2 unspecified atom stereocenters. The molecule has 0 bridgehead atoms. The SMILES string of the molecule is CCC1CCCCN1CCCC(C#N)(CC)NC. The van der Waals surface area contributed by atoms with E-state index in [0.29, 0.717) is 0 Å². The minimum Gasteiger partial charge on any atom is -0.302 e. The lowest BCUT2D eigenvalue weighted by molar-refractivity contribution is 0.138. The number of rotatable bonds is 7. The van der Waals surface area contributed by atoms with Gasteiger partial charge in [-0.05, 0) is 58.7 Å². The van der Waals surface area contributed by atoms with Crippen LogP contribution < -0.4 is 5.32 Å². The van der Waals surface area contributed by atoms with Gasteiger partial charge in [0.1, 0.15) is 5.54 Å². The molecule has 1 N–H and O–H groups in total. The molecule has 0 saturated carbocycles. The molecular weight excluding hydrogens is 222 g/mol. The zero-order chi connectivity index (χ0) is 13.4. The van der Waals surface area contributed by atoms with Gasteiger partial charge in [0.25, 0.3) is 0 Å². The van der Waals surface area contributed by atoms with Crippen LogP contribution in [0.15, 0.2) is 0 Å². The van der Waals surface area contributed by atoms with Crippen LogP contribution in [0.3, 0.4) is 0 Å². The maximum Gasteiger partial charge on any atom is 0.106 e. The maximum absolute atomic E-state index is 9.29. The van der Waals surface area contributed by atoms with Crippen LogP contribution in [0, 0.1) is 11.3 Å². The zero-order valence-electron chi connectivity index (χ0n) is 12.3. The number of nitriles is 1. The average molecular weight is 251 g/mol. The molecule has 0 amide bonds. The van der Waals surface area contributed by atoms with Crippen molar-refractivity contribution in [1.82, 2.24) is 10.2 Å². The van der Waals surface area contributed by atoms with E-state index < -0.39 is 0 Å². The van der Waals surface area contributed by atoms with E-state index in [1.807, 2.05) is 7.05 Å². The summed E-state index contributed by atoms with van der Waals surface area (Å²) in [4.78, 5) is 2.64. The molecule has 0 aliphatic carbocycles. The monoisotopic (exact) mass is 251 g/mol. The molecule has 1 fully saturated rings.